The molecule has 0 rings (SSSR count). The Bertz CT molecular complexity index is 232. The SMILES string of the molecule is CC(C)(C)[Si](C)(C)OCCOCCOCCOCCF. The average molecular weight is 310 g/mol. The summed E-state index contributed by atoms with van der Waals surface area (Å²) in [6.45, 7) is 14.0. The lowest BCUT2D eigenvalue weighted by atomic mass is 10.2. The Morgan fingerprint density at radius 1 is 0.750 bits per heavy atom. The normalized spacial score (nSPS) is 12.9. The minimum Gasteiger partial charge on any atom is -0.414 e. The first kappa shape index (κ1) is 20.0. The first-order valence-corrected chi connectivity index (χ1v) is 10.2. The van der Waals surface area contributed by atoms with Gasteiger partial charge in [0.1, 0.15) is 6.67 Å². The van der Waals surface area contributed by atoms with Crippen molar-refractivity contribution in [2.45, 2.75) is 38.9 Å². The molecule has 0 aliphatic rings. The predicted molar refractivity (Wildman–Crippen MR) is 81.6 cm³/mol. The molecule has 0 aliphatic carbocycles. The Kier molecular flexibility index (Phi) is 10.7. The summed E-state index contributed by atoms with van der Waals surface area (Å²) in [7, 11) is -1.66. The maximum Gasteiger partial charge on any atom is 0.192 e. The quantitative estimate of drug-likeness (QED) is 0.410. The van der Waals surface area contributed by atoms with Gasteiger partial charge in [-0.25, -0.2) is 4.39 Å². The minimum atomic E-state index is -1.66. The summed E-state index contributed by atoms with van der Waals surface area (Å²) in [5, 5.41) is 0.232. The zero-order chi connectivity index (χ0) is 15.5. The monoisotopic (exact) mass is 310 g/mol. The highest BCUT2D eigenvalue weighted by atomic mass is 28.4. The number of rotatable bonds is 12. The zero-order valence-electron chi connectivity index (χ0n) is 13.7. The van der Waals surface area contributed by atoms with Gasteiger partial charge in [-0.2, -0.15) is 0 Å². The molecule has 0 N–H and O–H groups in total. The molecular formula is C14H31FO4Si. The van der Waals surface area contributed by atoms with Crippen molar-refractivity contribution in [2.75, 3.05) is 52.9 Å². The fourth-order valence-corrected chi connectivity index (χ4v) is 2.20. The Labute approximate surface area is 124 Å². The number of hydrogen-bond donors (Lipinski definition) is 0. The third-order valence-electron chi connectivity index (χ3n) is 3.46. The Balaban J connectivity index is 3.33. The second-order valence-corrected chi connectivity index (χ2v) is 10.9. The second-order valence-electron chi connectivity index (χ2n) is 6.13. The lowest BCUT2D eigenvalue weighted by Crippen LogP contribution is -2.41. The van der Waals surface area contributed by atoms with Gasteiger partial charge >= 0.3 is 0 Å². The van der Waals surface area contributed by atoms with Crippen LogP contribution in [-0.4, -0.2) is 61.2 Å². The molecule has 6 heteroatoms. The zero-order valence-corrected chi connectivity index (χ0v) is 14.7. The molecule has 0 heterocycles. The summed E-state index contributed by atoms with van der Waals surface area (Å²) in [6, 6.07) is 0. The van der Waals surface area contributed by atoms with E-state index in [4.69, 9.17) is 18.6 Å². The largest absolute Gasteiger partial charge is 0.414 e. The summed E-state index contributed by atoms with van der Waals surface area (Å²) in [5.41, 5.74) is 0. The van der Waals surface area contributed by atoms with Crippen molar-refractivity contribution in [3.8, 4) is 0 Å². The fraction of sp³-hybridized carbons (Fsp3) is 1.00. The Hall–Kier alpha value is -0.0131. The molecule has 0 amide bonds. The van der Waals surface area contributed by atoms with Crippen LogP contribution in [0, 0.1) is 0 Å². The lowest BCUT2D eigenvalue weighted by molar-refractivity contribution is 0.00676. The molecule has 0 saturated heterocycles. The molecule has 0 unspecified atom stereocenters. The van der Waals surface area contributed by atoms with Gasteiger partial charge in [-0.15, -0.1) is 0 Å². The molecule has 0 aliphatic heterocycles. The van der Waals surface area contributed by atoms with Crippen molar-refractivity contribution < 1.29 is 23.0 Å². The molecule has 0 aromatic carbocycles. The molecule has 0 aromatic rings. The number of hydrogen-bond acceptors (Lipinski definition) is 4. The first-order chi connectivity index (χ1) is 9.31. The molecule has 122 valence electrons. The topological polar surface area (TPSA) is 36.9 Å². The van der Waals surface area contributed by atoms with Crippen LogP contribution in [-0.2, 0) is 18.6 Å². The predicted octanol–water partition coefficient (Wildman–Crippen LogP) is 3.03. The molecule has 0 radical (unpaired) electrons. The molecule has 0 spiro atoms. The van der Waals surface area contributed by atoms with E-state index in [1.165, 1.54) is 0 Å². The maximum absolute atomic E-state index is 11.7. The Morgan fingerprint density at radius 2 is 1.15 bits per heavy atom. The maximum atomic E-state index is 11.7. The lowest BCUT2D eigenvalue weighted by Gasteiger charge is -2.36. The van der Waals surface area contributed by atoms with E-state index in [9.17, 15) is 4.39 Å². The third-order valence-corrected chi connectivity index (χ3v) is 8.00. The summed E-state index contributed by atoms with van der Waals surface area (Å²) in [5.74, 6) is 0. The number of ether oxygens (including phenoxy) is 3. The smallest absolute Gasteiger partial charge is 0.192 e. The van der Waals surface area contributed by atoms with Crippen molar-refractivity contribution in [3.63, 3.8) is 0 Å². The standard InChI is InChI=1S/C14H31FO4Si/c1-14(2,3)20(4,5)19-13-12-18-11-10-17-9-8-16-7-6-15/h6-13H2,1-5H3. The van der Waals surface area contributed by atoms with E-state index >= 15 is 0 Å². The van der Waals surface area contributed by atoms with E-state index in [0.717, 1.165) is 0 Å². The highest BCUT2D eigenvalue weighted by Crippen LogP contribution is 2.36. The van der Waals surface area contributed by atoms with Gasteiger partial charge in [0.15, 0.2) is 8.32 Å². The Morgan fingerprint density at radius 3 is 1.55 bits per heavy atom. The van der Waals surface area contributed by atoms with Gasteiger partial charge in [-0.05, 0) is 18.1 Å². The third kappa shape index (κ3) is 9.82. The first-order valence-electron chi connectivity index (χ1n) is 7.24. The molecular weight excluding hydrogens is 279 g/mol. The van der Waals surface area contributed by atoms with E-state index in [0.29, 0.717) is 39.6 Å². The van der Waals surface area contributed by atoms with E-state index in [1.807, 2.05) is 0 Å². The van der Waals surface area contributed by atoms with Crippen molar-refractivity contribution >= 4 is 8.32 Å². The van der Waals surface area contributed by atoms with Crippen molar-refractivity contribution in [1.82, 2.24) is 0 Å². The van der Waals surface area contributed by atoms with Gasteiger partial charge in [0.2, 0.25) is 0 Å². The van der Waals surface area contributed by atoms with Gasteiger partial charge in [-0.1, -0.05) is 20.8 Å². The van der Waals surface area contributed by atoms with Crippen LogP contribution in [0.1, 0.15) is 20.8 Å². The van der Waals surface area contributed by atoms with Crippen molar-refractivity contribution in [2.24, 2.45) is 0 Å². The minimum absolute atomic E-state index is 0.144. The van der Waals surface area contributed by atoms with Gasteiger partial charge in [-0.3, -0.25) is 0 Å². The van der Waals surface area contributed by atoms with E-state index < -0.39 is 15.0 Å². The van der Waals surface area contributed by atoms with Crippen LogP contribution in [0.15, 0.2) is 0 Å². The van der Waals surface area contributed by atoms with Crippen molar-refractivity contribution in [1.29, 1.82) is 0 Å². The summed E-state index contributed by atoms with van der Waals surface area (Å²) in [6.07, 6.45) is 0. The van der Waals surface area contributed by atoms with Crippen LogP contribution < -0.4 is 0 Å². The van der Waals surface area contributed by atoms with Gasteiger partial charge < -0.3 is 18.6 Å². The highest BCUT2D eigenvalue weighted by molar-refractivity contribution is 6.74. The van der Waals surface area contributed by atoms with Gasteiger partial charge in [0.05, 0.1) is 46.2 Å². The molecule has 0 aromatic heterocycles. The van der Waals surface area contributed by atoms with E-state index in [2.05, 4.69) is 33.9 Å². The molecule has 0 bridgehead atoms. The van der Waals surface area contributed by atoms with Gasteiger partial charge in [0.25, 0.3) is 0 Å². The summed E-state index contributed by atoms with van der Waals surface area (Å²) in [4.78, 5) is 0. The van der Waals surface area contributed by atoms with E-state index in [1.54, 1.807) is 0 Å². The molecule has 0 fully saturated rings. The average Bonchev–Trinajstić information content (AvgIpc) is 2.34. The van der Waals surface area contributed by atoms with E-state index in [-0.39, 0.29) is 11.6 Å². The second kappa shape index (κ2) is 10.7. The van der Waals surface area contributed by atoms with Crippen LogP contribution in [0.3, 0.4) is 0 Å². The van der Waals surface area contributed by atoms with Crippen LogP contribution in [0.5, 0.6) is 0 Å². The molecule has 0 atom stereocenters. The molecule has 0 saturated carbocycles. The highest BCUT2D eigenvalue weighted by Gasteiger charge is 2.36. The van der Waals surface area contributed by atoms with Crippen LogP contribution in [0.4, 0.5) is 4.39 Å². The molecule has 20 heavy (non-hydrogen) atoms. The van der Waals surface area contributed by atoms with Gasteiger partial charge in [0, 0.05) is 0 Å². The fourth-order valence-electron chi connectivity index (χ4n) is 1.17. The summed E-state index contributed by atoms with van der Waals surface area (Å²) < 4.78 is 33.3. The van der Waals surface area contributed by atoms with Crippen LogP contribution in [0.25, 0.3) is 0 Å². The number of alkyl halides is 1. The van der Waals surface area contributed by atoms with Crippen LogP contribution >= 0.6 is 0 Å². The van der Waals surface area contributed by atoms with Crippen LogP contribution in [0.2, 0.25) is 18.1 Å². The summed E-state index contributed by atoms with van der Waals surface area (Å²) >= 11 is 0. The van der Waals surface area contributed by atoms with Crippen molar-refractivity contribution in [3.05, 3.63) is 0 Å². The number of halogens is 1. The molecule has 4 nitrogen and oxygen atoms in total.